The van der Waals surface area contributed by atoms with Gasteiger partial charge in [-0.3, -0.25) is 4.79 Å². The van der Waals surface area contributed by atoms with Gasteiger partial charge in [0.05, 0.1) is 17.8 Å². The highest BCUT2D eigenvalue weighted by molar-refractivity contribution is 9.10. The van der Waals surface area contributed by atoms with Crippen LogP contribution in [0.15, 0.2) is 46.0 Å². The number of aromatic hydroxyl groups is 1. The van der Waals surface area contributed by atoms with Crippen LogP contribution in [0.3, 0.4) is 0 Å². The summed E-state index contributed by atoms with van der Waals surface area (Å²) in [6, 6.07) is 9.75. The molecular weight excluding hydrogens is 350 g/mol. The quantitative estimate of drug-likeness (QED) is 0.441. The fourth-order valence-electron chi connectivity index (χ4n) is 1.69. The van der Waals surface area contributed by atoms with Crippen molar-refractivity contribution < 1.29 is 14.6 Å². The van der Waals surface area contributed by atoms with Crippen LogP contribution in [0.1, 0.15) is 15.9 Å². The zero-order valence-corrected chi connectivity index (χ0v) is 13.3. The zero-order valence-electron chi connectivity index (χ0n) is 11.7. The number of rotatable bonds is 4. The number of hydrogen-bond donors (Lipinski definition) is 3. The van der Waals surface area contributed by atoms with Gasteiger partial charge in [-0.15, -0.1) is 0 Å². The maximum Gasteiger partial charge on any atom is 0.271 e. The largest absolute Gasteiger partial charge is 0.503 e. The lowest BCUT2D eigenvalue weighted by Gasteiger charge is -2.06. The van der Waals surface area contributed by atoms with Gasteiger partial charge in [-0.25, -0.2) is 5.43 Å². The van der Waals surface area contributed by atoms with Crippen molar-refractivity contribution >= 4 is 33.7 Å². The molecule has 0 saturated carbocycles. The molecule has 0 saturated heterocycles. The number of halogens is 1. The molecule has 0 aliphatic carbocycles. The number of hydrazone groups is 1. The zero-order chi connectivity index (χ0) is 16.1. The molecule has 2 rings (SSSR count). The standard InChI is InChI=1S/C15H14BrN3O3/c1-22-13-7-9(6-12(16)14(13)20)8-18-19-15(21)10-2-4-11(17)5-3-10/h2-8,20H,17H2,1H3,(H,19,21). The number of anilines is 1. The Morgan fingerprint density at radius 1 is 1.36 bits per heavy atom. The molecule has 1 amide bonds. The number of phenolic OH excluding ortho intramolecular Hbond substituents is 1. The number of nitrogens with one attached hydrogen (secondary N) is 1. The second kappa shape index (κ2) is 6.95. The Balaban J connectivity index is 2.08. The maximum absolute atomic E-state index is 11.9. The third kappa shape index (κ3) is 3.76. The van der Waals surface area contributed by atoms with Gasteiger partial charge in [-0.05, 0) is 57.9 Å². The summed E-state index contributed by atoms with van der Waals surface area (Å²) in [5.41, 5.74) is 9.66. The number of methoxy groups -OCH3 is 1. The van der Waals surface area contributed by atoms with Gasteiger partial charge in [0.25, 0.3) is 5.91 Å². The second-order valence-corrected chi connectivity index (χ2v) is 5.23. The van der Waals surface area contributed by atoms with Crippen molar-refractivity contribution in [1.82, 2.24) is 5.43 Å². The molecule has 0 unspecified atom stereocenters. The summed E-state index contributed by atoms with van der Waals surface area (Å²) in [7, 11) is 1.45. The summed E-state index contributed by atoms with van der Waals surface area (Å²) in [5.74, 6) is -0.0349. The summed E-state index contributed by atoms with van der Waals surface area (Å²) in [5, 5.41) is 13.6. The average molecular weight is 364 g/mol. The van der Waals surface area contributed by atoms with Crippen LogP contribution in [0.2, 0.25) is 0 Å². The average Bonchev–Trinajstić information content (AvgIpc) is 2.51. The number of carbonyl (C=O) groups excluding carboxylic acids is 1. The third-order valence-corrected chi connectivity index (χ3v) is 3.43. The van der Waals surface area contributed by atoms with Crippen molar-refractivity contribution in [3.63, 3.8) is 0 Å². The minimum Gasteiger partial charge on any atom is -0.503 e. The van der Waals surface area contributed by atoms with Crippen LogP contribution in [0.5, 0.6) is 11.5 Å². The van der Waals surface area contributed by atoms with E-state index in [1.54, 1.807) is 36.4 Å². The molecule has 0 bridgehead atoms. The highest BCUT2D eigenvalue weighted by Crippen LogP contribution is 2.34. The van der Waals surface area contributed by atoms with Crippen LogP contribution in [0.4, 0.5) is 5.69 Å². The number of nitrogen functional groups attached to an aromatic ring is 1. The summed E-state index contributed by atoms with van der Waals surface area (Å²) < 4.78 is 5.50. The van der Waals surface area contributed by atoms with Crippen molar-refractivity contribution in [2.75, 3.05) is 12.8 Å². The molecule has 7 heteroatoms. The van der Waals surface area contributed by atoms with Crippen LogP contribution in [-0.4, -0.2) is 24.3 Å². The van der Waals surface area contributed by atoms with Gasteiger partial charge in [-0.1, -0.05) is 0 Å². The minimum atomic E-state index is -0.346. The normalized spacial score (nSPS) is 10.6. The highest BCUT2D eigenvalue weighted by atomic mass is 79.9. The molecule has 114 valence electrons. The molecule has 0 heterocycles. The Morgan fingerprint density at radius 2 is 2.05 bits per heavy atom. The summed E-state index contributed by atoms with van der Waals surface area (Å²) in [6.07, 6.45) is 1.45. The molecule has 0 aliphatic rings. The predicted octanol–water partition coefficient (Wildman–Crippen LogP) is 2.51. The van der Waals surface area contributed by atoms with Crippen molar-refractivity contribution in [2.45, 2.75) is 0 Å². The third-order valence-electron chi connectivity index (χ3n) is 2.82. The first-order valence-corrected chi connectivity index (χ1v) is 7.06. The van der Waals surface area contributed by atoms with Crippen LogP contribution in [0, 0.1) is 0 Å². The Morgan fingerprint density at radius 3 is 2.68 bits per heavy atom. The van der Waals surface area contributed by atoms with Crippen LogP contribution in [-0.2, 0) is 0 Å². The Labute approximate surface area is 135 Å². The lowest BCUT2D eigenvalue weighted by molar-refractivity contribution is 0.0955. The molecule has 0 spiro atoms. The predicted molar refractivity (Wildman–Crippen MR) is 88.3 cm³/mol. The monoisotopic (exact) mass is 363 g/mol. The first-order valence-electron chi connectivity index (χ1n) is 6.26. The van der Waals surface area contributed by atoms with E-state index in [-0.39, 0.29) is 11.7 Å². The molecular formula is C15H14BrN3O3. The van der Waals surface area contributed by atoms with E-state index >= 15 is 0 Å². The van der Waals surface area contributed by atoms with Gasteiger partial charge in [-0.2, -0.15) is 5.10 Å². The summed E-state index contributed by atoms with van der Waals surface area (Å²) in [6.45, 7) is 0. The van der Waals surface area contributed by atoms with Crippen LogP contribution in [0.25, 0.3) is 0 Å². The van der Waals surface area contributed by atoms with E-state index in [0.717, 1.165) is 0 Å². The smallest absolute Gasteiger partial charge is 0.271 e. The molecule has 0 aliphatic heterocycles. The SMILES string of the molecule is COc1cc(C=NNC(=O)c2ccc(N)cc2)cc(Br)c1O. The molecule has 2 aromatic rings. The Hall–Kier alpha value is -2.54. The molecule has 6 nitrogen and oxygen atoms in total. The topological polar surface area (TPSA) is 96.9 Å². The molecule has 0 atom stereocenters. The fraction of sp³-hybridized carbons (Fsp3) is 0.0667. The van der Waals surface area contributed by atoms with Gasteiger partial charge < -0.3 is 15.6 Å². The van der Waals surface area contributed by atoms with Crippen molar-refractivity contribution in [3.05, 3.63) is 52.0 Å². The van der Waals surface area contributed by atoms with E-state index in [0.29, 0.717) is 27.0 Å². The van der Waals surface area contributed by atoms with Crippen molar-refractivity contribution in [1.29, 1.82) is 0 Å². The van der Waals surface area contributed by atoms with Gasteiger partial charge >= 0.3 is 0 Å². The van der Waals surface area contributed by atoms with Gasteiger partial charge in [0.2, 0.25) is 0 Å². The van der Waals surface area contributed by atoms with E-state index in [1.807, 2.05) is 0 Å². The lowest BCUT2D eigenvalue weighted by Crippen LogP contribution is -2.17. The molecule has 22 heavy (non-hydrogen) atoms. The van der Waals surface area contributed by atoms with E-state index in [2.05, 4.69) is 26.5 Å². The lowest BCUT2D eigenvalue weighted by atomic mass is 10.2. The van der Waals surface area contributed by atoms with Gasteiger partial charge in [0.15, 0.2) is 11.5 Å². The summed E-state index contributed by atoms with van der Waals surface area (Å²) in [4.78, 5) is 11.9. The molecule has 4 N–H and O–H groups in total. The first kappa shape index (κ1) is 15.8. The van der Waals surface area contributed by atoms with E-state index < -0.39 is 0 Å². The second-order valence-electron chi connectivity index (χ2n) is 4.37. The molecule has 0 fully saturated rings. The molecule has 2 aromatic carbocycles. The van der Waals surface area contributed by atoms with Gasteiger partial charge in [0, 0.05) is 11.3 Å². The number of phenols is 1. The van der Waals surface area contributed by atoms with Crippen LogP contribution >= 0.6 is 15.9 Å². The van der Waals surface area contributed by atoms with Crippen LogP contribution < -0.4 is 15.9 Å². The number of ether oxygens (including phenoxy) is 1. The Bertz CT molecular complexity index is 715. The summed E-state index contributed by atoms with van der Waals surface area (Å²) >= 11 is 3.21. The number of nitrogens with zero attached hydrogens (tertiary/aromatic N) is 1. The minimum absolute atomic E-state index is 0.00515. The van der Waals surface area contributed by atoms with E-state index in [9.17, 15) is 9.90 Å². The molecule has 0 radical (unpaired) electrons. The number of hydrogen-bond acceptors (Lipinski definition) is 5. The Kier molecular flexibility index (Phi) is 5.00. The fourth-order valence-corrected chi connectivity index (χ4v) is 2.15. The molecule has 0 aromatic heterocycles. The van der Waals surface area contributed by atoms with Gasteiger partial charge in [0.1, 0.15) is 0 Å². The van der Waals surface area contributed by atoms with E-state index in [1.165, 1.54) is 13.3 Å². The number of carbonyl (C=O) groups is 1. The number of amides is 1. The van der Waals surface area contributed by atoms with Crippen molar-refractivity contribution in [2.24, 2.45) is 5.10 Å². The number of benzene rings is 2. The van der Waals surface area contributed by atoms with E-state index in [4.69, 9.17) is 10.5 Å². The van der Waals surface area contributed by atoms with Crippen molar-refractivity contribution in [3.8, 4) is 11.5 Å². The highest BCUT2D eigenvalue weighted by Gasteiger charge is 2.08. The number of nitrogens with two attached hydrogens (primary N) is 1. The maximum atomic E-state index is 11.9. The first-order chi connectivity index (χ1) is 10.5.